The number of rotatable bonds is 2. The molecule has 3 rings (SSSR count). The monoisotopic (exact) mass is 247 g/mol. The van der Waals surface area contributed by atoms with E-state index in [9.17, 15) is 0 Å². The predicted molar refractivity (Wildman–Crippen MR) is 81.3 cm³/mol. The van der Waals surface area contributed by atoms with E-state index in [4.69, 9.17) is 0 Å². The number of hydrogen-bond acceptors (Lipinski definition) is 0. The third kappa shape index (κ3) is 1.98. The van der Waals surface area contributed by atoms with Crippen molar-refractivity contribution in [1.82, 2.24) is 0 Å². The zero-order chi connectivity index (χ0) is 12.4. The molecule has 0 aromatic heterocycles. The van der Waals surface area contributed by atoms with Crippen LogP contribution in [0.4, 0.5) is 0 Å². The maximum atomic E-state index is 2.38. The molecule has 0 aliphatic heterocycles. The molecule has 0 fully saturated rings. The van der Waals surface area contributed by atoms with Crippen molar-refractivity contribution in [2.24, 2.45) is 0 Å². The van der Waals surface area contributed by atoms with Crippen molar-refractivity contribution in [3.8, 4) is 0 Å². The van der Waals surface area contributed by atoms with Crippen molar-refractivity contribution in [1.29, 1.82) is 0 Å². The molecule has 87 valence electrons. The minimum absolute atomic E-state index is 0.670. The normalized spacial score (nSPS) is 11.0. The van der Waals surface area contributed by atoms with Gasteiger partial charge in [-0.15, -0.1) is 0 Å². The molecular weight excluding hydrogens is 232 g/mol. The number of benzene rings is 3. The van der Waals surface area contributed by atoms with Crippen molar-refractivity contribution in [3.05, 3.63) is 72.8 Å². The van der Waals surface area contributed by atoms with E-state index in [1.807, 2.05) is 0 Å². The lowest BCUT2D eigenvalue weighted by atomic mass is 10.1. The molecule has 3 aromatic carbocycles. The fourth-order valence-electron chi connectivity index (χ4n) is 2.40. The number of fused-ring (bicyclic) bond motifs is 1. The lowest BCUT2D eigenvalue weighted by molar-refractivity contribution is 1.74. The van der Waals surface area contributed by atoms with Gasteiger partial charge in [0.25, 0.3) is 0 Å². The maximum Gasteiger partial charge on any atom is 0.119 e. The van der Waals surface area contributed by atoms with Crippen LogP contribution in [0.5, 0.6) is 0 Å². The summed E-state index contributed by atoms with van der Waals surface area (Å²) in [5, 5.41) is 5.72. The summed E-state index contributed by atoms with van der Waals surface area (Å²) in [7, 11) is -0.670. The van der Waals surface area contributed by atoms with Gasteiger partial charge in [0.15, 0.2) is 0 Å². The molecule has 0 nitrogen and oxygen atoms in total. The Bertz CT molecular complexity index is 653. The van der Waals surface area contributed by atoms with E-state index >= 15 is 0 Å². The Kier molecular flexibility index (Phi) is 2.99. The topological polar surface area (TPSA) is 0 Å². The highest BCUT2D eigenvalue weighted by Gasteiger charge is 2.12. The summed E-state index contributed by atoms with van der Waals surface area (Å²) in [5.41, 5.74) is 0. The van der Waals surface area contributed by atoms with Crippen molar-refractivity contribution >= 4 is 29.9 Å². The van der Waals surface area contributed by atoms with Gasteiger partial charge in [0, 0.05) is 0 Å². The van der Waals surface area contributed by atoms with Gasteiger partial charge in [0.2, 0.25) is 0 Å². The fraction of sp³-hybridized carbons (Fsp3) is 0.0588. The minimum atomic E-state index is -0.670. The molecule has 0 amide bonds. The lowest BCUT2D eigenvalue weighted by Crippen LogP contribution is -2.39. The summed E-state index contributed by atoms with van der Waals surface area (Å²) >= 11 is 0. The second-order valence-electron chi connectivity index (χ2n) is 4.52. The molecule has 0 aliphatic carbocycles. The Balaban J connectivity index is 2.15. The van der Waals surface area contributed by atoms with E-state index in [0.717, 1.165) is 0 Å². The Labute approximate surface area is 110 Å². The highest BCUT2D eigenvalue weighted by atomic mass is 28.3. The standard InChI is InChI=1S/C17H15Si/c1-18(15-10-3-2-4-11-15)17-13-7-9-14-8-5-6-12-16(14)17/h2-13H,1H3. The SMILES string of the molecule is C[Si](c1ccccc1)c1cccc2ccccc12. The Morgan fingerprint density at radius 3 is 2.17 bits per heavy atom. The Morgan fingerprint density at radius 2 is 1.33 bits per heavy atom. The van der Waals surface area contributed by atoms with Crippen LogP contribution in [0.15, 0.2) is 72.8 Å². The van der Waals surface area contributed by atoms with Crippen molar-refractivity contribution in [2.45, 2.75) is 6.55 Å². The van der Waals surface area contributed by atoms with Gasteiger partial charge in [-0.1, -0.05) is 84.5 Å². The quantitative estimate of drug-likeness (QED) is 0.611. The van der Waals surface area contributed by atoms with Crippen molar-refractivity contribution < 1.29 is 0 Å². The molecule has 0 unspecified atom stereocenters. The number of hydrogen-bond donors (Lipinski definition) is 0. The first-order valence-electron chi connectivity index (χ1n) is 6.23. The van der Waals surface area contributed by atoms with Gasteiger partial charge < -0.3 is 0 Å². The molecule has 3 aromatic rings. The highest BCUT2D eigenvalue weighted by Crippen LogP contribution is 2.11. The average molecular weight is 247 g/mol. The molecule has 0 N–H and O–H groups in total. The second-order valence-corrected chi connectivity index (χ2v) is 6.88. The predicted octanol–water partition coefficient (Wildman–Crippen LogP) is 3.08. The van der Waals surface area contributed by atoms with Gasteiger partial charge in [0.05, 0.1) is 0 Å². The van der Waals surface area contributed by atoms with E-state index in [2.05, 4.69) is 79.3 Å². The maximum absolute atomic E-state index is 2.38. The summed E-state index contributed by atoms with van der Waals surface area (Å²) in [6.07, 6.45) is 0. The van der Waals surface area contributed by atoms with Crippen LogP contribution in [0.2, 0.25) is 6.55 Å². The molecule has 1 radical (unpaired) electrons. The zero-order valence-electron chi connectivity index (χ0n) is 10.4. The minimum Gasteiger partial charge on any atom is -0.0628 e. The van der Waals surface area contributed by atoms with E-state index in [0.29, 0.717) is 0 Å². The van der Waals surface area contributed by atoms with Gasteiger partial charge in [-0.3, -0.25) is 0 Å². The summed E-state index contributed by atoms with van der Waals surface area (Å²) in [5.74, 6) is 0. The molecule has 0 heterocycles. The zero-order valence-corrected chi connectivity index (χ0v) is 11.4. The fourth-order valence-corrected chi connectivity index (χ4v) is 4.38. The van der Waals surface area contributed by atoms with Gasteiger partial charge in [-0.05, 0) is 16.0 Å². The first-order valence-corrected chi connectivity index (χ1v) is 8.23. The van der Waals surface area contributed by atoms with Crippen LogP contribution in [0.3, 0.4) is 0 Å². The Morgan fingerprint density at radius 1 is 0.667 bits per heavy atom. The molecule has 0 saturated carbocycles. The second kappa shape index (κ2) is 4.79. The highest BCUT2D eigenvalue weighted by molar-refractivity contribution is 6.85. The van der Waals surface area contributed by atoms with E-state index in [-0.39, 0.29) is 0 Å². The molecular formula is C17H15Si. The van der Waals surface area contributed by atoms with Gasteiger partial charge in [-0.2, -0.15) is 0 Å². The molecule has 0 saturated heterocycles. The van der Waals surface area contributed by atoms with Crippen LogP contribution < -0.4 is 10.4 Å². The first-order chi connectivity index (χ1) is 8.86. The van der Waals surface area contributed by atoms with Crippen LogP contribution >= 0.6 is 0 Å². The molecule has 0 spiro atoms. The van der Waals surface area contributed by atoms with Crippen LogP contribution in [0, 0.1) is 0 Å². The summed E-state index contributed by atoms with van der Waals surface area (Å²) in [6.45, 7) is 2.38. The largest absolute Gasteiger partial charge is 0.119 e. The molecule has 0 bridgehead atoms. The molecule has 0 atom stereocenters. The van der Waals surface area contributed by atoms with Gasteiger partial charge >= 0.3 is 0 Å². The van der Waals surface area contributed by atoms with E-state index in [1.54, 1.807) is 0 Å². The van der Waals surface area contributed by atoms with Crippen LogP contribution in [-0.2, 0) is 0 Å². The van der Waals surface area contributed by atoms with E-state index in [1.165, 1.54) is 21.1 Å². The van der Waals surface area contributed by atoms with Crippen LogP contribution in [0.1, 0.15) is 0 Å². The lowest BCUT2D eigenvalue weighted by Gasteiger charge is -2.13. The Hall–Kier alpha value is -1.86. The van der Waals surface area contributed by atoms with Crippen LogP contribution in [-0.4, -0.2) is 8.80 Å². The van der Waals surface area contributed by atoms with Gasteiger partial charge in [-0.25, -0.2) is 0 Å². The third-order valence-corrected chi connectivity index (χ3v) is 5.84. The molecule has 18 heavy (non-hydrogen) atoms. The molecule has 1 heteroatoms. The smallest absolute Gasteiger partial charge is 0.0628 e. The van der Waals surface area contributed by atoms with Crippen molar-refractivity contribution in [3.63, 3.8) is 0 Å². The third-order valence-electron chi connectivity index (χ3n) is 3.40. The summed E-state index contributed by atoms with van der Waals surface area (Å²) in [6, 6.07) is 26.2. The first kappa shape index (κ1) is 11.2. The van der Waals surface area contributed by atoms with Gasteiger partial charge in [0.1, 0.15) is 8.80 Å². The summed E-state index contributed by atoms with van der Waals surface area (Å²) < 4.78 is 0. The van der Waals surface area contributed by atoms with Crippen LogP contribution in [0.25, 0.3) is 10.8 Å². The summed E-state index contributed by atoms with van der Waals surface area (Å²) in [4.78, 5) is 0. The van der Waals surface area contributed by atoms with E-state index < -0.39 is 8.80 Å². The van der Waals surface area contributed by atoms with Crippen molar-refractivity contribution in [2.75, 3.05) is 0 Å². The average Bonchev–Trinajstić information content (AvgIpc) is 2.47. The molecule has 0 aliphatic rings.